The molecule has 0 saturated carbocycles. The van der Waals surface area contributed by atoms with Crippen LogP contribution in [-0.2, 0) is 7.05 Å². The number of halogens is 1. The molecule has 0 saturated heterocycles. The molecule has 1 aromatic heterocycles. The van der Waals surface area contributed by atoms with Gasteiger partial charge in [-0.3, -0.25) is 0 Å². The predicted octanol–water partition coefficient (Wildman–Crippen LogP) is -2.71. The van der Waals surface area contributed by atoms with E-state index in [0.717, 1.165) is 12.2 Å². The van der Waals surface area contributed by atoms with Crippen LogP contribution in [0.4, 0.5) is 0 Å². The van der Waals surface area contributed by atoms with Gasteiger partial charge in [-0.05, 0) is 6.42 Å². The van der Waals surface area contributed by atoms with Crippen molar-refractivity contribution in [3.8, 4) is 0 Å². The second-order valence-corrected chi connectivity index (χ2v) is 2.38. The van der Waals surface area contributed by atoms with Crippen LogP contribution in [-0.4, -0.2) is 10.1 Å². The highest BCUT2D eigenvalue weighted by molar-refractivity contribution is 4.81. The number of aliphatic hydroxyl groups is 1. The number of hydrogen-bond donors (Lipinski definition) is 2. The minimum atomic E-state index is -0.361. The molecular weight excluding hydrogens is 164 g/mol. The Labute approximate surface area is 72.5 Å². The van der Waals surface area contributed by atoms with Crippen LogP contribution in [0.1, 0.15) is 25.3 Å². The van der Waals surface area contributed by atoms with Crippen LogP contribution in [0, 0.1) is 0 Å². The third-order valence-corrected chi connectivity index (χ3v) is 1.61. The molecule has 64 valence electrons. The molecule has 0 bridgehead atoms. The van der Waals surface area contributed by atoms with Gasteiger partial charge in [0.15, 0.2) is 6.10 Å². The molecule has 1 heterocycles. The lowest BCUT2D eigenvalue weighted by molar-refractivity contribution is -0.681. The van der Waals surface area contributed by atoms with E-state index in [1.165, 1.54) is 0 Å². The van der Waals surface area contributed by atoms with Crippen LogP contribution in [0.2, 0.25) is 0 Å². The molecule has 0 fully saturated rings. The number of hydrogen-bond acceptors (Lipinski definition) is 1. The van der Waals surface area contributed by atoms with E-state index in [0.29, 0.717) is 0 Å². The number of rotatable bonds is 2. The van der Waals surface area contributed by atoms with E-state index < -0.39 is 0 Å². The van der Waals surface area contributed by atoms with Crippen LogP contribution < -0.4 is 17.0 Å². The molecule has 0 aliphatic heterocycles. The normalized spacial score (nSPS) is 12.3. The number of aromatic nitrogens is 2. The summed E-state index contributed by atoms with van der Waals surface area (Å²) in [5.41, 5.74) is 0. The van der Waals surface area contributed by atoms with E-state index in [1.54, 1.807) is 0 Å². The number of H-pyrrole nitrogens is 1. The van der Waals surface area contributed by atoms with Crippen LogP contribution >= 0.6 is 0 Å². The summed E-state index contributed by atoms with van der Waals surface area (Å²) in [7, 11) is 1.91. The van der Waals surface area contributed by atoms with Crippen molar-refractivity contribution in [2.24, 2.45) is 7.05 Å². The molecule has 0 aliphatic rings. The molecular formula is C7H13ClN2O. The maximum Gasteiger partial charge on any atom is 0.283 e. The Morgan fingerprint density at radius 2 is 2.36 bits per heavy atom. The highest BCUT2D eigenvalue weighted by Crippen LogP contribution is 2.07. The number of nitrogens with zero attached hydrogens (tertiary/aromatic N) is 1. The van der Waals surface area contributed by atoms with Gasteiger partial charge in [0, 0.05) is 0 Å². The first-order valence-electron chi connectivity index (χ1n) is 3.46. The van der Waals surface area contributed by atoms with Gasteiger partial charge in [0.25, 0.3) is 5.82 Å². The first-order chi connectivity index (χ1) is 4.75. The molecule has 1 atom stereocenters. The van der Waals surface area contributed by atoms with E-state index in [1.807, 2.05) is 30.9 Å². The Kier molecular flexibility index (Phi) is 4.15. The fraction of sp³-hybridized carbons (Fsp3) is 0.571. The van der Waals surface area contributed by atoms with Crippen LogP contribution in [0.25, 0.3) is 0 Å². The third-order valence-electron chi connectivity index (χ3n) is 1.61. The zero-order valence-electron chi connectivity index (χ0n) is 6.71. The average molecular weight is 177 g/mol. The summed E-state index contributed by atoms with van der Waals surface area (Å²) in [4.78, 5) is 2.97. The molecule has 4 heteroatoms. The Balaban J connectivity index is 0.000001000. The van der Waals surface area contributed by atoms with Crippen molar-refractivity contribution in [3.05, 3.63) is 18.2 Å². The predicted molar refractivity (Wildman–Crippen MR) is 37.2 cm³/mol. The molecule has 0 radical (unpaired) electrons. The van der Waals surface area contributed by atoms with Crippen molar-refractivity contribution < 1.29 is 22.1 Å². The van der Waals surface area contributed by atoms with Crippen molar-refractivity contribution in [2.75, 3.05) is 0 Å². The van der Waals surface area contributed by atoms with Crippen molar-refractivity contribution in [1.82, 2.24) is 4.98 Å². The van der Waals surface area contributed by atoms with Crippen molar-refractivity contribution in [1.29, 1.82) is 0 Å². The van der Waals surface area contributed by atoms with Crippen LogP contribution in [0.5, 0.6) is 0 Å². The number of aryl methyl sites for hydroxylation is 1. The van der Waals surface area contributed by atoms with E-state index >= 15 is 0 Å². The zero-order valence-corrected chi connectivity index (χ0v) is 7.47. The van der Waals surface area contributed by atoms with Gasteiger partial charge in [0.2, 0.25) is 0 Å². The lowest BCUT2D eigenvalue weighted by Crippen LogP contribution is -3.00. The van der Waals surface area contributed by atoms with E-state index in [9.17, 15) is 5.11 Å². The Morgan fingerprint density at radius 3 is 2.73 bits per heavy atom. The van der Waals surface area contributed by atoms with Gasteiger partial charge in [-0.25, -0.2) is 9.55 Å². The Morgan fingerprint density at radius 1 is 1.73 bits per heavy atom. The fourth-order valence-corrected chi connectivity index (χ4v) is 0.941. The van der Waals surface area contributed by atoms with Crippen LogP contribution in [0.3, 0.4) is 0 Å². The molecule has 0 aromatic carbocycles. The zero-order chi connectivity index (χ0) is 7.56. The molecule has 0 aliphatic carbocycles. The van der Waals surface area contributed by atoms with E-state index in [2.05, 4.69) is 4.98 Å². The second-order valence-electron chi connectivity index (χ2n) is 2.38. The highest BCUT2D eigenvalue weighted by atomic mass is 35.5. The lowest BCUT2D eigenvalue weighted by atomic mass is 10.3. The standard InChI is InChI=1S/C7H12N2O.ClH/c1-3-6(10)7-8-4-5-9(7)2;/h4-6,10H,3H2,1-2H3;1H. The quantitative estimate of drug-likeness (QED) is 0.473. The second kappa shape index (κ2) is 4.36. The average Bonchev–Trinajstić information content (AvgIpc) is 2.34. The molecule has 3 nitrogen and oxygen atoms in total. The number of aliphatic hydroxyl groups excluding tert-OH is 1. The van der Waals surface area contributed by atoms with Gasteiger partial charge in [-0.2, -0.15) is 0 Å². The van der Waals surface area contributed by atoms with Crippen molar-refractivity contribution >= 4 is 0 Å². The fourth-order valence-electron chi connectivity index (χ4n) is 0.941. The topological polar surface area (TPSA) is 39.9 Å². The summed E-state index contributed by atoms with van der Waals surface area (Å²) in [5.74, 6) is 0.863. The van der Waals surface area contributed by atoms with E-state index in [-0.39, 0.29) is 18.5 Å². The summed E-state index contributed by atoms with van der Waals surface area (Å²) >= 11 is 0. The molecule has 2 N–H and O–H groups in total. The largest absolute Gasteiger partial charge is 1.00 e. The Hall–Kier alpha value is -0.540. The number of aromatic amines is 1. The maximum absolute atomic E-state index is 9.35. The third kappa shape index (κ3) is 2.20. The van der Waals surface area contributed by atoms with Gasteiger partial charge < -0.3 is 17.5 Å². The van der Waals surface area contributed by atoms with Gasteiger partial charge in [-0.15, -0.1) is 0 Å². The maximum atomic E-state index is 9.35. The summed E-state index contributed by atoms with van der Waals surface area (Å²) < 4.78 is 1.88. The number of nitrogens with one attached hydrogen (secondary N) is 1. The molecule has 0 amide bonds. The summed E-state index contributed by atoms with van der Waals surface area (Å²) in [6.07, 6.45) is 4.08. The van der Waals surface area contributed by atoms with Gasteiger partial charge in [0.05, 0.1) is 7.05 Å². The summed E-state index contributed by atoms with van der Waals surface area (Å²) in [6.45, 7) is 1.95. The monoisotopic (exact) mass is 176 g/mol. The van der Waals surface area contributed by atoms with Crippen LogP contribution in [0.15, 0.2) is 12.4 Å². The highest BCUT2D eigenvalue weighted by Gasteiger charge is 2.15. The smallest absolute Gasteiger partial charge is 0.283 e. The minimum absolute atomic E-state index is 0. The van der Waals surface area contributed by atoms with Crippen molar-refractivity contribution in [3.63, 3.8) is 0 Å². The van der Waals surface area contributed by atoms with Gasteiger partial charge in [0.1, 0.15) is 12.4 Å². The molecule has 11 heavy (non-hydrogen) atoms. The van der Waals surface area contributed by atoms with Crippen molar-refractivity contribution in [2.45, 2.75) is 19.4 Å². The lowest BCUT2D eigenvalue weighted by Gasteiger charge is -1.99. The number of imidazole rings is 1. The van der Waals surface area contributed by atoms with E-state index in [4.69, 9.17) is 0 Å². The summed E-state index contributed by atoms with van der Waals surface area (Å²) in [6, 6.07) is 0. The van der Waals surface area contributed by atoms with Gasteiger partial charge >= 0.3 is 0 Å². The first kappa shape index (κ1) is 10.5. The minimum Gasteiger partial charge on any atom is -1.00 e. The first-order valence-corrected chi connectivity index (χ1v) is 3.46. The molecule has 1 aromatic rings. The molecule has 0 spiro atoms. The Bertz CT molecular complexity index is 212. The molecule has 1 unspecified atom stereocenters. The SMILES string of the molecule is CCC(O)c1[nH]cc[n+]1C.[Cl-]. The van der Waals surface area contributed by atoms with Gasteiger partial charge in [-0.1, -0.05) is 6.92 Å². The summed E-state index contributed by atoms with van der Waals surface area (Å²) in [5, 5.41) is 9.35. The molecule has 1 rings (SSSR count).